The average molecular weight is 285 g/mol. The Kier molecular flexibility index (Phi) is 3.72. The fraction of sp³-hybridized carbons (Fsp3) is 0.429. The predicted octanol–water partition coefficient (Wildman–Crippen LogP) is 4.54. The molecule has 0 bridgehead atoms. The first-order chi connectivity index (χ1) is 7.91. The fourth-order valence-electron chi connectivity index (χ4n) is 2.50. The van der Waals surface area contributed by atoms with E-state index in [1.54, 1.807) is 0 Å². The van der Waals surface area contributed by atoms with Crippen LogP contribution in [0.1, 0.15) is 40.5 Å². The zero-order valence-corrected chi connectivity index (χ0v) is 13.8. The van der Waals surface area contributed by atoms with Gasteiger partial charge in [0.15, 0.2) is 0 Å². The van der Waals surface area contributed by atoms with Crippen molar-refractivity contribution >= 4 is 32.7 Å². The minimum absolute atomic E-state index is 0.510. The van der Waals surface area contributed by atoms with Crippen molar-refractivity contribution in [3.05, 3.63) is 42.7 Å². The largest absolute Gasteiger partial charge is 0.0912 e. The van der Waals surface area contributed by atoms with Crippen LogP contribution in [0.15, 0.2) is 42.7 Å². The standard InChI is InChI=1S/C14H18Cl2Si/c1-7-5-11(15)13(9(7)3)17-14-10(4)8(2)6-12(14)16/h5-6,17H2,1-4H3. The van der Waals surface area contributed by atoms with Gasteiger partial charge in [-0.3, -0.25) is 0 Å². The molecule has 0 fully saturated rings. The highest BCUT2D eigenvalue weighted by molar-refractivity contribution is 6.61. The molecule has 2 aliphatic carbocycles. The Balaban J connectivity index is 2.30. The summed E-state index contributed by atoms with van der Waals surface area (Å²) < 4.78 is 0. The van der Waals surface area contributed by atoms with Crippen LogP contribution in [0.25, 0.3) is 0 Å². The van der Waals surface area contributed by atoms with Gasteiger partial charge in [0, 0.05) is 22.9 Å². The Morgan fingerprint density at radius 2 is 1.12 bits per heavy atom. The monoisotopic (exact) mass is 284 g/mol. The summed E-state index contributed by atoms with van der Waals surface area (Å²) in [7, 11) is -0.510. The predicted molar refractivity (Wildman–Crippen MR) is 80.3 cm³/mol. The van der Waals surface area contributed by atoms with Gasteiger partial charge in [0.25, 0.3) is 0 Å². The van der Waals surface area contributed by atoms with Crippen molar-refractivity contribution in [2.75, 3.05) is 0 Å². The number of halogens is 2. The van der Waals surface area contributed by atoms with E-state index < -0.39 is 9.52 Å². The summed E-state index contributed by atoms with van der Waals surface area (Å²) in [6.07, 6.45) is 1.89. The molecule has 0 aromatic carbocycles. The van der Waals surface area contributed by atoms with Gasteiger partial charge < -0.3 is 0 Å². The highest BCUT2D eigenvalue weighted by Crippen LogP contribution is 2.39. The molecule has 0 atom stereocenters. The van der Waals surface area contributed by atoms with Crippen LogP contribution in [-0.4, -0.2) is 9.52 Å². The molecule has 0 amide bonds. The summed E-state index contributed by atoms with van der Waals surface area (Å²) in [5, 5.41) is 4.96. The minimum atomic E-state index is -0.510. The molecular formula is C14H18Cl2Si. The Labute approximate surface area is 116 Å². The van der Waals surface area contributed by atoms with Crippen molar-refractivity contribution in [1.82, 2.24) is 0 Å². The summed E-state index contributed by atoms with van der Waals surface area (Å²) in [5.41, 5.74) is 5.67. The maximum Gasteiger partial charge on any atom is 0.0912 e. The zero-order chi connectivity index (χ0) is 12.7. The molecule has 0 radical (unpaired) electrons. The first kappa shape index (κ1) is 13.2. The Hall–Kier alpha value is -0.243. The second-order valence-corrected chi connectivity index (χ2v) is 7.79. The van der Waals surface area contributed by atoms with Gasteiger partial charge in [-0.05, 0) is 38.1 Å². The molecule has 0 aliphatic heterocycles. The lowest BCUT2D eigenvalue weighted by Crippen LogP contribution is -2.03. The van der Waals surface area contributed by atoms with E-state index in [0.717, 1.165) is 22.9 Å². The van der Waals surface area contributed by atoms with Crippen molar-refractivity contribution in [3.63, 3.8) is 0 Å². The van der Waals surface area contributed by atoms with E-state index in [4.69, 9.17) is 23.2 Å². The third-order valence-electron chi connectivity index (χ3n) is 4.03. The molecule has 0 saturated carbocycles. The first-order valence-electron chi connectivity index (χ1n) is 6.00. The van der Waals surface area contributed by atoms with E-state index in [-0.39, 0.29) is 0 Å². The van der Waals surface area contributed by atoms with Gasteiger partial charge in [-0.25, -0.2) is 0 Å². The van der Waals surface area contributed by atoms with Gasteiger partial charge in [-0.2, -0.15) is 0 Å². The summed E-state index contributed by atoms with van der Waals surface area (Å²) in [4.78, 5) is 0. The van der Waals surface area contributed by atoms with Gasteiger partial charge in [-0.1, -0.05) is 45.5 Å². The lowest BCUT2D eigenvalue weighted by atomic mass is 10.2. The van der Waals surface area contributed by atoms with E-state index in [0.29, 0.717) is 0 Å². The van der Waals surface area contributed by atoms with E-state index >= 15 is 0 Å². The van der Waals surface area contributed by atoms with E-state index in [1.807, 2.05) is 0 Å². The molecule has 92 valence electrons. The van der Waals surface area contributed by atoms with Crippen molar-refractivity contribution in [2.45, 2.75) is 40.5 Å². The lowest BCUT2D eigenvalue weighted by molar-refractivity contribution is 1.20. The molecule has 3 heteroatoms. The lowest BCUT2D eigenvalue weighted by Gasteiger charge is -2.09. The van der Waals surface area contributed by atoms with Gasteiger partial charge >= 0.3 is 0 Å². The molecule has 0 spiro atoms. The van der Waals surface area contributed by atoms with E-state index in [9.17, 15) is 0 Å². The maximum atomic E-state index is 6.37. The third kappa shape index (κ3) is 2.33. The molecule has 0 unspecified atom stereocenters. The zero-order valence-electron chi connectivity index (χ0n) is 10.9. The minimum Gasteiger partial charge on any atom is -0.0889 e. The second kappa shape index (κ2) is 4.79. The van der Waals surface area contributed by atoms with Crippen LogP contribution in [0.5, 0.6) is 0 Å². The van der Waals surface area contributed by atoms with E-state index in [2.05, 4.69) is 27.7 Å². The summed E-state index contributed by atoms with van der Waals surface area (Å²) in [6.45, 7) is 8.75. The molecule has 0 heterocycles. The fourth-order valence-corrected chi connectivity index (χ4v) is 5.71. The number of rotatable bonds is 2. The molecule has 0 aromatic heterocycles. The number of allylic oxidation sites excluding steroid dienone is 8. The van der Waals surface area contributed by atoms with Crippen LogP contribution in [0.3, 0.4) is 0 Å². The van der Waals surface area contributed by atoms with Gasteiger partial charge in [0.05, 0.1) is 9.52 Å². The molecule has 0 nitrogen and oxygen atoms in total. The second-order valence-electron chi connectivity index (χ2n) is 5.11. The summed E-state index contributed by atoms with van der Waals surface area (Å²) in [6, 6.07) is 0. The SMILES string of the molecule is CC1=C(C)C([SiH2]C2=C(Cl)CC(C)=C2C)=C(Cl)C1. The van der Waals surface area contributed by atoms with Gasteiger partial charge in [0.2, 0.25) is 0 Å². The number of hydrogen-bond donors (Lipinski definition) is 0. The Morgan fingerprint density at radius 1 is 0.765 bits per heavy atom. The summed E-state index contributed by atoms with van der Waals surface area (Å²) >= 11 is 12.7. The Bertz CT molecular complexity index is 458. The van der Waals surface area contributed by atoms with Crippen LogP contribution in [0, 0.1) is 0 Å². The molecular weight excluding hydrogens is 267 g/mol. The highest BCUT2D eigenvalue weighted by Gasteiger charge is 2.23. The summed E-state index contributed by atoms with van der Waals surface area (Å²) in [5.74, 6) is 0. The van der Waals surface area contributed by atoms with E-state index in [1.165, 1.54) is 32.7 Å². The number of hydrogen-bond acceptors (Lipinski definition) is 0. The quantitative estimate of drug-likeness (QED) is 0.654. The normalized spacial score (nSPS) is 21.5. The van der Waals surface area contributed by atoms with Crippen LogP contribution in [-0.2, 0) is 0 Å². The molecule has 17 heavy (non-hydrogen) atoms. The van der Waals surface area contributed by atoms with Gasteiger partial charge in [-0.15, -0.1) is 0 Å². The molecule has 0 aromatic rings. The smallest absolute Gasteiger partial charge is 0.0889 e. The average Bonchev–Trinajstić information content (AvgIpc) is 2.62. The topological polar surface area (TPSA) is 0 Å². The Morgan fingerprint density at radius 3 is 1.35 bits per heavy atom. The molecule has 0 N–H and O–H groups in total. The van der Waals surface area contributed by atoms with Crippen LogP contribution in [0.2, 0.25) is 0 Å². The molecule has 2 aliphatic rings. The molecule has 0 saturated heterocycles. The van der Waals surface area contributed by atoms with Crippen molar-refractivity contribution in [1.29, 1.82) is 0 Å². The van der Waals surface area contributed by atoms with Crippen LogP contribution in [0.4, 0.5) is 0 Å². The van der Waals surface area contributed by atoms with Gasteiger partial charge in [0.1, 0.15) is 0 Å². The maximum absolute atomic E-state index is 6.37. The van der Waals surface area contributed by atoms with Crippen molar-refractivity contribution in [2.24, 2.45) is 0 Å². The molecule has 2 rings (SSSR count). The van der Waals surface area contributed by atoms with Crippen LogP contribution < -0.4 is 0 Å². The highest BCUT2D eigenvalue weighted by atomic mass is 35.5. The van der Waals surface area contributed by atoms with Crippen molar-refractivity contribution < 1.29 is 0 Å². The van der Waals surface area contributed by atoms with Crippen molar-refractivity contribution in [3.8, 4) is 0 Å². The third-order valence-corrected chi connectivity index (χ3v) is 7.83. The first-order valence-corrected chi connectivity index (χ1v) is 8.17. The van der Waals surface area contributed by atoms with Crippen LogP contribution >= 0.6 is 23.2 Å².